The van der Waals surface area contributed by atoms with Gasteiger partial charge in [-0.2, -0.15) is 5.10 Å². The molecule has 0 aliphatic carbocycles. The number of nitrogens with one attached hydrogen (secondary N) is 1. The zero-order valence-electron chi connectivity index (χ0n) is 16.9. The highest BCUT2D eigenvalue weighted by molar-refractivity contribution is 6.31. The number of halogens is 1. The van der Waals surface area contributed by atoms with Gasteiger partial charge >= 0.3 is 0 Å². The van der Waals surface area contributed by atoms with Crippen LogP contribution in [0.25, 0.3) is 6.08 Å². The summed E-state index contributed by atoms with van der Waals surface area (Å²) < 4.78 is 1.79. The second-order valence-corrected chi connectivity index (χ2v) is 7.74. The van der Waals surface area contributed by atoms with E-state index in [1.807, 2.05) is 6.92 Å². The Kier molecular flexibility index (Phi) is 8.99. The number of unbranched alkanes of at least 4 members (excludes halogenated alkanes) is 1. The molecule has 7 nitrogen and oxygen atoms in total. The third kappa shape index (κ3) is 6.63. The molecule has 1 fully saturated rings. The summed E-state index contributed by atoms with van der Waals surface area (Å²) in [7, 11) is 0. The normalized spacial score (nSPS) is 17.9. The molecule has 0 aromatic carbocycles. The summed E-state index contributed by atoms with van der Waals surface area (Å²) >= 11 is 6.37. The van der Waals surface area contributed by atoms with Crippen molar-refractivity contribution < 1.29 is 9.59 Å². The predicted octanol–water partition coefficient (Wildman–Crippen LogP) is 2.36. The van der Waals surface area contributed by atoms with Crippen molar-refractivity contribution in [3.63, 3.8) is 0 Å². The first-order valence-electron chi connectivity index (χ1n) is 10.1. The highest BCUT2D eigenvalue weighted by atomic mass is 35.5. The molecule has 28 heavy (non-hydrogen) atoms. The molecule has 1 aliphatic rings. The van der Waals surface area contributed by atoms with Crippen molar-refractivity contribution in [3.05, 3.63) is 22.5 Å². The maximum absolute atomic E-state index is 12.1. The number of primary amides is 1. The molecule has 2 rings (SSSR count). The van der Waals surface area contributed by atoms with Crippen LogP contribution in [0.2, 0.25) is 5.15 Å². The van der Waals surface area contributed by atoms with Crippen molar-refractivity contribution in [1.82, 2.24) is 20.0 Å². The molecule has 3 N–H and O–H groups in total. The van der Waals surface area contributed by atoms with Gasteiger partial charge < -0.3 is 16.0 Å². The first kappa shape index (κ1) is 22.4. The summed E-state index contributed by atoms with van der Waals surface area (Å²) in [6.07, 6.45) is 8.03. The van der Waals surface area contributed by atoms with Gasteiger partial charge in [-0.25, -0.2) is 0 Å². The number of nitrogens with zero attached hydrogens (tertiary/aromatic N) is 3. The Morgan fingerprint density at radius 3 is 2.86 bits per heavy atom. The topological polar surface area (TPSA) is 93.2 Å². The molecule has 8 heteroatoms. The van der Waals surface area contributed by atoms with Gasteiger partial charge in [0.05, 0.1) is 11.6 Å². The Balaban J connectivity index is 1.74. The lowest BCUT2D eigenvalue weighted by Crippen LogP contribution is -2.42. The van der Waals surface area contributed by atoms with Gasteiger partial charge in [0.2, 0.25) is 11.8 Å². The standard InChI is InChI=1S/C20H32ClN5O2/c1-3-4-13-26-19(21)17(15(2)24-26)8-9-18(27)23-10-6-12-25-11-5-7-16(14-25)20(22)28/h8-9,16H,3-7,10-14H2,1-2H3,(H2,22,28)(H,23,27)/b9-8+. The number of hydrogen-bond acceptors (Lipinski definition) is 4. The Labute approximate surface area is 172 Å². The Hall–Kier alpha value is -1.86. The van der Waals surface area contributed by atoms with Crippen LogP contribution in [-0.4, -0.2) is 52.7 Å². The predicted molar refractivity (Wildman–Crippen MR) is 112 cm³/mol. The number of aryl methyl sites for hydroxylation is 2. The van der Waals surface area contributed by atoms with Gasteiger partial charge in [0, 0.05) is 31.3 Å². The van der Waals surface area contributed by atoms with Crippen LogP contribution < -0.4 is 11.1 Å². The van der Waals surface area contributed by atoms with Crippen LogP contribution >= 0.6 is 11.6 Å². The summed E-state index contributed by atoms with van der Waals surface area (Å²) in [6, 6.07) is 0. The van der Waals surface area contributed by atoms with E-state index in [-0.39, 0.29) is 17.7 Å². The molecule has 1 aliphatic heterocycles. The van der Waals surface area contributed by atoms with E-state index in [1.54, 1.807) is 10.8 Å². The number of aromatic nitrogens is 2. The van der Waals surface area contributed by atoms with E-state index >= 15 is 0 Å². The molecule has 1 aromatic heterocycles. The largest absolute Gasteiger partial charge is 0.369 e. The minimum atomic E-state index is -0.213. The highest BCUT2D eigenvalue weighted by Crippen LogP contribution is 2.21. The van der Waals surface area contributed by atoms with E-state index in [0.29, 0.717) is 11.7 Å². The molecule has 156 valence electrons. The first-order valence-corrected chi connectivity index (χ1v) is 10.5. The smallest absolute Gasteiger partial charge is 0.244 e. The quantitative estimate of drug-likeness (QED) is 0.458. The number of likely N-dealkylation sites (tertiary alicyclic amines) is 1. The highest BCUT2D eigenvalue weighted by Gasteiger charge is 2.23. The minimum Gasteiger partial charge on any atom is -0.369 e. The van der Waals surface area contributed by atoms with Gasteiger partial charge in [-0.1, -0.05) is 24.9 Å². The van der Waals surface area contributed by atoms with Crippen LogP contribution in [0.4, 0.5) is 0 Å². The van der Waals surface area contributed by atoms with Gasteiger partial charge in [-0.05, 0) is 51.8 Å². The maximum Gasteiger partial charge on any atom is 0.244 e. The molecule has 2 amide bonds. The van der Waals surface area contributed by atoms with Crippen molar-refractivity contribution in [2.24, 2.45) is 11.7 Å². The molecule has 1 aromatic rings. The number of piperidine rings is 1. The molecular formula is C20H32ClN5O2. The van der Waals surface area contributed by atoms with Crippen LogP contribution in [0, 0.1) is 12.8 Å². The number of carbonyl (C=O) groups is 2. The van der Waals surface area contributed by atoms with Crippen LogP contribution in [0.15, 0.2) is 6.08 Å². The fraction of sp³-hybridized carbons (Fsp3) is 0.650. The number of rotatable bonds is 10. The molecular weight excluding hydrogens is 378 g/mol. The van der Waals surface area contributed by atoms with Crippen LogP contribution in [0.1, 0.15) is 50.3 Å². The summed E-state index contributed by atoms with van der Waals surface area (Å²) in [4.78, 5) is 25.6. The van der Waals surface area contributed by atoms with Gasteiger partial charge in [-0.15, -0.1) is 0 Å². The number of carbonyl (C=O) groups excluding carboxylic acids is 2. The van der Waals surface area contributed by atoms with E-state index in [4.69, 9.17) is 17.3 Å². The zero-order valence-corrected chi connectivity index (χ0v) is 17.7. The summed E-state index contributed by atoms with van der Waals surface area (Å²) in [5.74, 6) is -0.405. The average molecular weight is 410 g/mol. The lowest BCUT2D eigenvalue weighted by molar-refractivity contribution is -0.123. The fourth-order valence-electron chi connectivity index (χ4n) is 3.44. The first-order chi connectivity index (χ1) is 13.4. The molecule has 1 atom stereocenters. The van der Waals surface area contributed by atoms with E-state index in [0.717, 1.165) is 69.5 Å². The maximum atomic E-state index is 12.1. The SMILES string of the molecule is CCCCn1nc(C)c(/C=C/C(=O)NCCCN2CCCC(C(N)=O)C2)c1Cl. The summed E-state index contributed by atoms with van der Waals surface area (Å²) in [6.45, 7) is 7.94. The van der Waals surface area contributed by atoms with Gasteiger partial charge in [0.15, 0.2) is 0 Å². The molecule has 0 saturated carbocycles. The Morgan fingerprint density at radius 1 is 1.36 bits per heavy atom. The van der Waals surface area contributed by atoms with Gasteiger partial charge in [0.1, 0.15) is 5.15 Å². The number of hydrogen-bond donors (Lipinski definition) is 2. The van der Waals surface area contributed by atoms with Crippen molar-refractivity contribution in [2.75, 3.05) is 26.2 Å². The van der Waals surface area contributed by atoms with Crippen molar-refractivity contribution in [3.8, 4) is 0 Å². The Bertz CT molecular complexity index is 701. The van der Waals surface area contributed by atoms with Gasteiger partial charge in [-0.3, -0.25) is 14.3 Å². The minimum absolute atomic E-state index is 0.0440. The Morgan fingerprint density at radius 2 is 2.14 bits per heavy atom. The number of nitrogens with two attached hydrogens (primary N) is 1. The van der Waals surface area contributed by atoms with E-state index < -0.39 is 0 Å². The molecule has 0 spiro atoms. The molecule has 0 radical (unpaired) electrons. The lowest BCUT2D eigenvalue weighted by atomic mass is 9.97. The summed E-state index contributed by atoms with van der Waals surface area (Å²) in [5.41, 5.74) is 7.02. The molecule has 2 heterocycles. The fourth-order valence-corrected chi connectivity index (χ4v) is 3.76. The summed E-state index contributed by atoms with van der Waals surface area (Å²) in [5, 5.41) is 7.90. The second-order valence-electron chi connectivity index (χ2n) is 7.39. The van der Waals surface area contributed by atoms with Crippen molar-refractivity contribution in [2.45, 2.75) is 52.5 Å². The van der Waals surface area contributed by atoms with E-state index in [9.17, 15) is 9.59 Å². The van der Waals surface area contributed by atoms with E-state index in [1.165, 1.54) is 6.08 Å². The monoisotopic (exact) mass is 409 g/mol. The van der Waals surface area contributed by atoms with Crippen LogP contribution in [0.3, 0.4) is 0 Å². The third-order valence-corrected chi connectivity index (χ3v) is 5.49. The van der Waals surface area contributed by atoms with Crippen molar-refractivity contribution in [1.29, 1.82) is 0 Å². The lowest BCUT2D eigenvalue weighted by Gasteiger charge is -2.31. The zero-order chi connectivity index (χ0) is 20.5. The van der Waals surface area contributed by atoms with Crippen molar-refractivity contribution >= 4 is 29.5 Å². The average Bonchev–Trinajstić information content (AvgIpc) is 2.95. The molecule has 1 unspecified atom stereocenters. The second kappa shape index (κ2) is 11.2. The molecule has 0 bridgehead atoms. The third-order valence-electron chi connectivity index (χ3n) is 5.09. The molecule has 1 saturated heterocycles. The number of amides is 2. The van der Waals surface area contributed by atoms with E-state index in [2.05, 4.69) is 22.2 Å². The van der Waals surface area contributed by atoms with Crippen LogP contribution in [-0.2, 0) is 16.1 Å². The van der Waals surface area contributed by atoms with Crippen LogP contribution in [0.5, 0.6) is 0 Å². The van der Waals surface area contributed by atoms with Gasteiger partial charge in [0.25, 0.3) is 0 Å².